The van der Waals surface area contributed by atoms with Crippen LogP contribution in [0.25, 0.3) is 0 Å². The van der Waals surface area contributed by atoms with Gasteiger partial charge in [-0.2, -0.15) is 0 Å². The van der Waals surface area contributed by atoms with E-state index in [0.717, 1.165) is 0 Å². The van der Waals surface area contributed by atoms with Gasteiger partial charge in [-0.3, -0.25) is 14.4 Å². The van der Waals surface area contributed by atoms with Gasteiger partial charge in [0, 0.05) is 26.7 Å². The van der Waals surface area contributed by atoms with Crippen LogP contribution in [0.5, 0.6) is 0 Å². The second kappa shape index (κ2) is 7.40. The van der Waals surface area contributed by atoms with E-state index in [1.54, 1.807) is 0 Å². The molecule has 5 atom stereocenters. The predicted molar refractivity (Wildman–Crippen MR) is 71.0 cm³/mol. The fraction of sp³-hybridized carbons (Fsp3) is 0.786. The third-order valence-corrected chi connectivity index (χ3v) is 3.29. The van der Waals surface area contributed by atoms with Crippen molar-refractivity contribution in [1.82, 2.24) is 0 Å². The molecular weight excluding hydrogens is 280 g/mol. The lowest BCUT2D eigenvalue weighted by atomic mass is 9.89. The van der Waals surface area contributed by atoms with Crippen LogP contribution in [0.15, 0.2) is 0 Å². The fourth-order valence-corrected chi connectivity index (χ4v) is 2.45. The molecule has 1 fully saturated rings. The van der Waals surface area contributed by atoms with Gasteiger partial charge in [0.1, 0.15) is 6.10 Å². The van der Waals surface area contributed by atoms with Crippen LogP contribution in [0.3, 0.4) is 0 Å². The zero-order chi connectivity index (χ0) is 16.2. The molecule has 21 heavy (non-hydrogen) atoms. The zero-order valence-electron chi connectivity index (χ0n) is 13.0. The van der Waals surface area contributed by atoms with Crippen LogP contribution in [-0.4, -0.2) is 42.5 Å². The Hall–Kier alpha value is -1.63. The van der Waals surface area contributed by atoms with Crippen LogP contribution in [0.2, 0.25) is 0 Å². The summed E-state index contributed by atoms with van der Waals surface area (Å²) in [6, 6.07) is 0. The molecule has 1 heterocycles. The zero-order valence-corrected chi connectivity index (χ0v) is 13.0. The molecule has 0 aromatic heterocycles. The number of ether oxygens (including phenoxy) is 4. The van der Waals surface area contributed by atoms with Gasteiger partial charge in [-0.25, -0.2) is 0 Å². The Kier molecular flexibility index (Phi) is 6.14. The predicted octanol–water partition coefficient (Wildman–Crippen LogP) is 1.18. The molecule has 7 nitrogen and oxygen atoms in total. The van der Waals surface area contributed by atoms with Crippen molar-refractivity contribution in [3.63, 3.8) is 0 Å². The van der Waals surface area contributed by atoms with Crippen LogP contribution in [-0.2, 0) is 33.3 Å². The number of hydrogen-bond donors (Lipinski definition) is 0. The average molecular weight is 302 g/mol. The quantitative estimate of drug-likeness (QED) is 0.569. The van der Waals surface area contributed by atoms with Gasteiger partial charge in [-0.15, -0.1) is 0 Å². The van der Waals surface area contributed by atoms with Crippen molar-refractivity contribution >= 4 is 17.9 Å². The SMILES string of the molecule is CC[C@H]1OC(OC(C)=O)[C@H](OC(C)=O)[C@@H](OC(C)=O)[C@H]1C. The summed E-state index contributed by atoms with van der Waals surface area (Å²) in [6.07, 6.45) is -2.42. The molecule has 0 radical (unpaired) electrons. The molecule has 1 unspecified atom stereocenters. The molecule has 1 aliphatic rings. The molecule has 1 rings (SSSR count). The number of rotatable bonds is 4. The van der Waals surface area contributed by atoms with Crippen molar-refractivity contribution in [3.8, 4) is 0 Å². The molecule has 0 aromatic carbocycles. The first kappa shape index (κ1) is 17.4. The van der Waals surface area contributed by atoms with Crippen molar-refractivity contribution in [3.05, 3.63) is 0 Å². The Bertz CT molecular complexity index is 406. The highest BCUT2D eigenvalue weighted by atomic mass is 16.7. The summed E-state index contributed by atoms with van der Waals surface area (Å²) < 4.78 is 21.2. The minimum Gasteiger partial charge on any atom is -0.458 e. The first-order chi connectivity index (χ1) is 9.76. The van der Waals surface area contributed by atoms with Crippen molar-refractivity contribution in [2.75, 3.05) is 0 Å². The lowest BCUT2D eigenvalue weighted by Crippen LogP contribution is -2.57. The fourth-order valence-electron chi connectivity index (χ4n) is 2.45. The smallest absolute Gasteiger partial charge is 0.305 e. The van der Waals surface area contributed by atoms with Gasteiger partial charge >= 0.3 is 17.9 Å². The van der Waals surface area contributed by atoms with Crippen LogP contribution >= 0.6 is 0 Å². The second-order valence-electron chi connectivity index (χ2n) is 5.07. The summed E-state index contributed by atoms with van der Waals surface area (Å²) in [6.45, 7) is 7.47. The summed E-state index contributed by atoms with van der Waals surface area (Å²) in [5, 5.41) is 0. The summed E-state index contributed by atoms with van der Waals surface area (Å²) >= 11 is 0. The molecule has 0 amide bonds. The maximum absolute atomic E-state index is 11.3. The number of hydrogen-bond acceptors (Lipinski definition) is 7. The van der Waals surface area contributed by atoms with E-state index in [0.29, 0.717) is 6.42 Å². The Morgan fingerprint density at radius 1 is 0.905 bits per heavy atom. The highest BCUT2D eigenvalue weighted by Crippen LogP contribution is 2.32. The molecule has 7 heteroatoms. The summed E-state index contributed by atoms with van der Waals surface area (Å²) in [5.74, 6) is -1.83. The van der Waals surface area contributed by atoms with Gasteiger partial charge in [0.15, 0.2) is 0 Å². The molecule has 0 N–H and O–H groups in total. The molecule has 0 spiro atoms. The van der Waals surface area contributed by atoms with Crippen molar-refractivity contribution < 1.29 is 33.3 Å². The number of carbonyl (C=O) groups excluding carboxylic acids is 3. The van der Waals surface area contributed by atoms with Gasteiger partial charge in [0.05, 0.1) is 6.10 Å². The van der Waals surface area contributed by atoms with E-state index in [2.05, 4.69) is 0 Å². The highest BCUT2D eigenvalue weighted by molar-refractivity contribution is 5.68. The normalized spacial score (nSPS) is 32.1. The maximum Gasteiger partial charge on any atom is 0.305 e. The first-order valence-corrected chi connectivity index (χ1v) is 6.93. The van der Waals surface area contributed by atoms with Gasteiger partial charge in [0.25, 0.3) is 0 Å². The Morgan fingerprint density at radius 3 is 1.81 bits per heavy atom. The van der Waals surface area contributed by atoms with Gasteiger partial charge in [0.2, 0.25) is 12.4 Å². The highest BCUT2D eigenvalue weighted by Gasteiger charge is 2.48. The van der Waals surface area contributed by atoms with E-state index in [1.165, 1.54) is 20.8 Å². The Labute approximate surface area is 123 Å². The minimum absolute atomic E-state index is 0.199. The molecule has 1 aliphatic heterocycles. The summed E-state index contributed by atoms with van der Waals surface area (Å²) in [4.78, 5) is 33.8. The van der Waals surface area contributed by atoms with Gasteiger partial charge in [-0.1, -0.05) is 13.8 Å². The van der Waals surface area contributed by atoms with Crippen molar-refractivity contribution in [2.24, 2.45) is 5.92 Å². The van der Waals surface area contributed by atoms with Crippen LogP contribution in [0.4, 0.5) is 0 Å². The Balaban J connectivity index is 3.05. The summed E-state index contributed by atoms with van der Waals surface area (Å²) in [7, 11) is 0. The monoisotopic (exact) mass is 302 g/mol. The summed E-state index contributed by atoms with van der Waals surface area (Å²) in [5.41, 5.74) is 0. The third-order valence-electron chi connectivity index (χ3n) is 3.29. The van der Waals surface area contributed by atoms with E-state index in [9.17, 15) is 14.4 Å². The topological polar surface area (TPSA) is 88.1 Å². The van der Waals surface area contributed by atoms with Crippen LogP contribution in [0.1, 0.15) is 41.0 Å². The molecule has 120 valence electrons. The van der Waals surface area contributed by atoms with Crippen LogP contribution < -0.4 is 0 Å². The van der Waals surface area contributed by atoms with E-state index >= 15 is 0 Å². The standard InChI is InChI=1S/C14H22O7/c1-6-11-7(2)12(18-8(3)15)13(19-9(4)16)14(21-11)20-10(5)17/h7,11-14H,6H2,1-5H3/t7-,11+,12-,13+,14?/m0/s1. The first-order valence-electron chi connectivity index (χ1n) is 6.93. The molecule has 0 aliphatic carbocycles. The molecule has 1 saturated heterocycles. The van der Waals surface area contributed by atoms with E-state index in [4.69, 9.17) is 18.9 Å². The largest absolute Gasteiger partial charge is 0.458 e. The molecule has 0 aromatic rings. The maximum atomic E-state index is 11.3. The molecular formula is C14H22O7. The number of esters is 3. The minimum atomic E-state index is -1.09. The van der Waals surface area contributed by atoms with Crippen LogP contribution in [0, 0.1) is 5.92 Å². The number of carbonyl (C=O) groups is 3. The lowest BCUT2D eigenvalue weighted by molar-refractivity contribution is -0.281. The van der Waals surface area contributed by atoms with E-state index in [-0.39, 0.29) is 12.0 Å². The van der Waals surface area contributed by atoms with Crippen molar-refractivity contribution in [1.29, 1.82) is 0 Å². The average Bonchev–Trinajstić information content (AvgIpc) is 2.35. The lowest BCUT2D eigenvalue weighted by Gasteiger charge is -2.43. The Morgan fingerprint density at radius 2 is 1.38 bits per heavy atom. The van der Waals surface area contributed by atoms with Crippen molar-refractivity contribution in [2.45, 2.75) is 65.6 Å². The van der Waals surface area contributed by atoms with E-state index in [1.807, 2.05) is 13.8 Å². The van der Waals surface area contributed by atoms with Gasteiger partial charge < -0.3 is 18.9 Å². The van der Waals surface area contributed by atoms with E-state index < -0.39 is 36.4 Å². The van der Waals surface area contributed by atoms with Gasteiger partial charge in [-0.05, 0) is 6.42 Å². The second-order valence-corrected chi connectivity index (χ2v) is 5.07. The third kappa shape index (κ3) is 4.70. The molecule has 0 bridgehead atoms. The molecule has 0 saturated carbocycles.